The van der Waals surface area contributed by atoms with Crippen LogP contribution in [0.15, 0.2) is 12.2 Å². The molecule has 354 valence electrons. The van der Waals surface area contributed by atoms with Crippen molar-refractivity contribution in [1.82, 2.24) is 5.32 Å². The van der Waals surface area contributed by atoms with Gasteiger partial charge in [-0.1, -0.05) is 167 Å². The third-order valence-electron chi connectivity index (χ3n) is 12.0. The van der Waals surface area contributed by atoms with Crippen LogP contribution in [0.4, 0.5) is 0 Å². The fourth-order valence-electron chi connectivity index (χ4n) is 8.00. The first-order chi connectivity index (χ1) is 29.1. The van der Waals surface area contributed by atoms with Crippen molar-refractivity contribution < 1.29 is 64.6 Å². The highest BCUT2D eigenvalue weighted by molar-refractivity contribution is 5.76. The summed E-state index contributed by atoms with van der Waals surface area (Å²) in [5, 5.41) is 86.4. The predicted octanol–water partition coefficient (Wildman–Crippen LogP) is 5.21. The highest BCUT2D eigenvalue weighted by Gasteiger charge is 2.51. The molecule has 2 rings (SSSR count). The number of hydrogen-bond donors (Lipinski definition) is 9. The van der Waals surface area contributed by atoms with Gasteiger partial charge in [-0.3, -0.25) is 4.79 Å². The smallest absolute Gasteiger partial charge is 0.220 e. The second-order valence-electron chi connectivity index (χ2n) is 17.2. The van der Waals surface area contributed by atoms with Gasteiger partial charge in [-0.15, -0.1) is 0 Å². The summed E-state index contributed by atoms with van der Waals surface area (Å²) < 4.78 is 22.6. The lowest BCUT2D eigenvalue weighted by Gasteiger charge is -2.46. The van der Waals surface area contributed by atoms with Crippen LogP contribution in [0.1, 0.15) is 181 Å². The number of unbranched alkanes of at least 4 members (excludes halogenated alkanes) is 23. The Labute approximate surface area is 361 Å². The zero-order valence-corrected chi connectivity index (χ0v) is 37.2. The van der Waals surface area contributed by atoms with Crippen molar-refractivity contribution in [2.45, 2.75) is 254 Å². The molecule has 12 unspecified atom stereocenters. The summed E-state index contributed by atoms with van der Waals surface area (Å²) in [6.45, 7) is 2.75. The number of ether oxygens (including phenoxy) is 4. The zero-order valence-electron chi connectivity index (χ0n) is 37.2. The number of rotatable bonds is 36. The fourth-order valence-corrected chi connectivity index (χ4v) is 8.00. The normalized spacial score (nSPS) is 28.3. The molecule has 12 atom stereocenters. The topological polar surface area (TPSA) is 228 Å². The summed E-state index contributed by atoms with van der Waals surface area (Å²) >= 11 is 0. The van der Waals surface area contributed by atoms with E-state index in [9.17, 15) is 45.6 Å². The van der Waals surface area contributed by atoms with E-state index >= 15 is 0 Å². The highest BCUT2D eigenvalue weighted by Crippen LogP contribution is 2.30. The Balaban J connectivity index is 1.83. The minimum atomic E-state index is -1.78. The van der Waals surface area contributed by atoms with Gasteiger partial charge in [0, 0.05) is 6.42 Å². The van der Waals surface area contributed by atoms with Gasteiger partial charge >= 0.3 is 0 Å². The number of aliphatic hydroxyl groups excluding tert-OH is 8. The molecule has 0 aromatic rings. The van der Waals surface area contributed by atoms with E-state index in [1.165, 1.54) is 116 Å². The van der Waals surface area contributed by atoms with Crippen LogP contribution in [0.3, 0.4) is 0 Å². The molecule has 2 aliphatic rings. The van der Waals surface area contributed by atoms with Gasteiger partial charge in [0.2, 0.25) is 5.91 Å². The Morgan fingerprint density at radius 2 is 1.03 bits per heavy atom. The van der Waals surface area contributed by atoms with Gasteiger partial charge in [-0.2, -0.15) is 0 Å². The SMILES string of the molecule is CCCCCCCCC/C=C/C(O)C(COC1OC(CO)C(OC2OC(CO)C(O)C(O)C2O)C(O)C1O)NC(=O)CCCCCCCCCCCCCCCCCCC. The lowest BCUT2D eigenvalue weighted by molar-refractivity contribution is -0.359. The molecule has 0 spiro atoms. The van der Waals surface area contributed by atoms with E-state index in [2.05, 4.69) is 19.2 Å². The Kier molecular flexibility index (Phi) is 31.3. The molecule has 2 saturated heterocycles. The van der Waals surface area contributed by atoms with E-state index in [0.717, 1.165) is 38.5 Å². The molecule has 60 heavy (non-hydrogen) atoms. The third-order valence-corrected chi connectivity index (χ3v) is 12.0. The molecule has 0 bridgehead atoms. The van der Waals surface area contributed by atoms with Gasteiger partial charge in [0.1, 0.15) is 48.8 Å². The minimum Gasteiger partial charge on any atom is -0.394 e. The fraction of sp³-hybridized carbons (Fsp3) is 0.935. The van der Waals surface area contributed by atoms with E-state index < -0.39 is 86.8 Å². The van der Waals surface area contributed by atoms with E-state index in [1.807, 2.05) is 6.08 Å². The van der Waals surface area contributed by atoms with Crippen LogP contribution in [0, 0.1) is 0 Å². The summed E-state index contributed by atoms with van der Waals surface area (Å²) in [5.41, 5.74) is 0. The molecule has 0 aromatic heterocycles. The van der Waals surface area contributed by atoms with Crippen molar-refractivity contribution in [3.8, 4) is 0 Å². The van der Waals surface area contributed by atoms with Crippen molar-refractivity contribution in [2.75, 3.05) is 19.8 Å². The van der Waals surface area contributed by atoms with Crippen LogP contribution in [-0.4, -0.2) is 140 Å². The standard InChI is InChI=1S/C46H87NO13/c1-3-5-7-9-11-13-14-15-16-17-18-19-20-22-24-26-28-30-38(51)47-34(35(50)29-27-25-23-21-12-10-8-6-4-2)33-57-45-43(56)41(54)44(37(32-49)59-45)60-46-42(55)40(53)39(52)36(31-48)58-46/h27,29,34-37,39-46,48-50,52-56H,3-26,28,30-33H2,1-2H3,(H,47,51)/b29-27+. The first kappa shape index (κ1) is 54.9. The van der Waals surface area contributed by atoms with Crippen molar-refractivity contribution in [1.29, 1.82) is 0 Å². The van der Waals surface area contributed by atoms with Crippen LogP contribution in [0.2, 0.25) is 0 Å². The average Bonchev–Trinajstić information content (AvgIpc) is 3.24. The monoisotopic (exact) mass is 862 g/mol. The second kappa shape index (κ2) is 34.2. The average molecular weight is 862 g/mol. The number of amides is 1. The highest BCUT2D eigenvalue weighted by atomic mass is 16.7. The van der Waals surface area contributed by atoms with Crippen molar-refractivity contribution >= 4 is 5.91 Å². The molecule has 9 N–H and O–H groups in total. The van der Waals surface area contributed by atoms with Gasteiger partial charge in [-0.05, 0) is 19.3 Å². The Bertz CT molecular complexity index is 1070. The summed E-state index contributed by atoms with van der Waals surface area (Å²) in [4.78, 5) is 13.1. The Morgan fingerprint density at radius 3 is 1.53 bits per heavy atom. The molecule has 0 saturated carbocycles. The largest absolute Gasteiger partial charge is 0.394 e. The zero-order chi connectivity index (χ0) is 44.0. The number of aliphatic hydroxyl groups is 8. The van der Waals surface area contributed by atoms with Crippen LogP contribution in [0.5, 0.6) is 0 Å². The van der Waals surface area contributed by atoms with Gasteiger partial charge in [-0.25, -0.2) is 0 Å². The maximum Gasteiger partial charge on any atom is 0.220 e. The molecule has 2 fully saturated rings. The maximum atomic E-state index is 13.1. The van der Waals surface area contributed by atoms with Crippen LogP contribution >= 0.6 is 0 Å². The lowest BCUT2D eigenvalue weighted by Crippen LogP contribution is -2.65. The van der Waals surface area contributed by atoms with Crippen LogP contribution < -0.4 is 5.32 Å². The third kappa shape index (κ3) is 21.9. The van der Waals surface area contributed by atoms with E-state index in [-0.39, 0.29) is 18.9 Å². The molecule has 1 amide bonds. The first-order valence-corrected chi connectivity index (χ1v) is 23.9. The number of hydrogen-bond acceptors (Lipinski definition) is 13. The maximum absolute atomic E-state index is 13.1. The quantitative estimate of drug-likeness (QED) is 0.0292. The second-order valence-corrected chi connectivity index (χ2v) is 17.2. The van der Waals surface area contributed by atoms with E-state index in [4.69, 9.17) is 18.9 Å². The first-order valence-electron chi connectivity index (χ1n) is 23.9. The predicted molar refractivity (Wildman–Crippen MR) is 231 cm³/mol. The summed E-state index contributed by atoms with van der Waals surface area (Å²) in [7, 11) is 0. The summed E-state index contributed by atoms with van der Waals surface area (Å²) in [6.07, 6.45) is 17.0. The molecule has 14 heteroatoms. The van der Waals surface area contributed by atoms with Crippen LogP contribution in [-0.2, 0) is 23.7 Å². The Morgan fingerprint density at radius 1 is 0.583 bits per heavy atom. The van der Waals surface area contributed by atoms with Crippen molar-refractivity contribution in [3.63, 3.8) is 0 Å². The minimum absolute atomic E-state index is 0.240. The Hall–Kier alpha value is -1.27. The molecule has 0 radical (unpaired) electrons. The van der Waals surface area contributed by atoms with Gasteiger partial charge in [0.05, 0.1) is 32.0 Å². The molecular formula is C46H87NO13. The number of allylic oxidation sites excluding steroid dienone is 1. The van der Waals surface area contributed by atoms with Gasteiger partial charge in [0.15, 0.2) is 12.6 Å². The van der Waals surface area contributed by atoms with Gasteiger partial charge < -0.3 is 65.1 Å². The number of carbonyl (C=O) groups is 1. The van der Waals surface area contributed by atoms with E-state index in [0.29, 0.717) is 6.42 Å². The molecule has 2 heterocycles. The van der Waals surface area contributed by atoms with Crippen molar-refractivity contribution in [2.24, 2.45) is 0 Å². The lowest BCUT2D eigenvalue weighted by atomic mass is 9.97. The van der Waals surface area contributed by atoms with Crippen LogP contribution in [0.25, 0.3) is 0 Å². The number of carbonyl (C=O) groups excluding carboxylic acids is 1. The summed E-state index contributed by atoms with van der Waals surface area (Å²) in [6, 6.07) is -0.905. The molecule has 0 aliphatic carbocycles. The molecule has 2 aliphatic heterocycles. The molecule has 0 aromatic carbocycles. The molecular weight excluding hydrogens is 774 g/mol. The van der Waals surface area contributed by atoms with Gasteiger partial charge in [0.25, 0.3) is 0 Å². The van der Waals surface area contributed by atoms with Crippen molar-refractivity contribution in [3.05, 3.63) is 12.2 Å². The molecule has 14 nitrogen and oxygen atoms in total. The van der Waals surface area contributed by atoms with E-state index in [1.54, 1.807) is 6.08 Å². The summed E-state index contributed by atoms with van der Waals surface area (Å²) in [5.74, 6) is -0.240. The number of nitrogens with one attached hydrogen (secondary N) is 1.